The van der Waals surface area contributed by atoms with E-state index in [1.54, 1.807) is 4.57 Å². The quantitative estimate of drug-likeness (QED) is 0.746. The van der Waals surface area contributed by atoms with Crippen LogP contribution in [0.4, 0.5) is 0 Å². The lowest BCUT2D eigenvalue weighted by atomic mass is 10.3. The van der Waals surface area contributed by atoms with Crippen molar-refractivity contribution < 1.29 is 9.53 Å². The molecule has 0 radical (unpaired) electrons. The number of aryl methyl sites for hydroxylation is 1. The van der Waals surface area contributed by atoms with E-state index in [0.29, 0.717) is 5.82 Å². The van der Waals surface area contributed by atoms with Crippen molar-refractivity contribution in [2.75, 3.05) is 13.7 Å². The summed E-state index contributed by atoms with van der Waals surface area (Å²) in [5.74, 6) is 0.599. The van der Waals surface area contributed by atoms with Gasteiger partial charge in [0, 0.05) is 7.11 Å². The highest BCUT2D eigenvalue weighted by atomic mass is 16.5. The van der Waals surface area contributed by atoms with Gasteiger partial charge in [-0.15, -0.1) is 0 Å². The van der Waals surface area contributed by atoms with Gasteiger partial charge in [0.25, 0.3) is 5.91 Å². The number of rotatable bonds is 2. The maximum absolute atomic E-state index is 11.7. The first-order valence-electron chi connectivity index (χ1n) is 4.70. The van der Waals surface area contributed by atoms with E-state index in [-0.39, 0.29) is 12.5 Å². The van der Waals surface area contributed by atoms with Crippen LogP contribution in [0.25, 0.3) is 11.0 Å². The molecule has 0 atom stereocenters. The molecule has 1 aromatic heterocycles. The summed E-state index contributed by atoms with van der Waals surface area (Å²) in [6.07, 6.45) is 0. The summed E-state index contributed by atoms with van der Waals surface area (Å²) < 4.78 is 6.42. The summed E-state index contributed by atoms with van der Waals surface area (Å²) >= 11 is 0. The van der Waals surface area contributed by atoms with E-state index in [9.17, 15) is 4.79 Å². The Balaban J connectivity index is 2.58. The third-order valence-electron chi connectivity index (χ3n) is 2.25. The molecule has 4 nitrogen and oxygen atoms in total. The van der Waals surface area contributed by atoms with E-state index in [1.807, 2.05) is 31.2 Å². The van der Waals surface area contributed by atoms with Gasteiger partial charge in [0.1, 0.15) is 12.4 Å². The van der Waals surface area contributed by atoms with E-state index in [2.05, 4.69) is 4.98 Å². The number of fused-ring (bicyclic) bond motifs is 1. The maximum atomic E-state index is 11.7. The Hall–Kier alpha value is -1.68. The summed E-state index contributed by atoms with van der Waals surface area (Å²) in [6, 6.07) is 7.56. The van der Waals surface area contributed by atoms with Crippen molar-refractivity contribution in [1.29, 1.82) is 0 Å². The van der Waals surface area contributed by atoms with E-state index in [4.69, 9.17) is 4.74 Å². The lowest BCUT2D eigenvalue weighted by Crippen LogP contribution is -2.17. The minimum atomic E-state index is -0.0938. The fraction of sp³-hybridized carbons (Fsp3) is 0.273. The van der Waals surface area contributed by atoms with Crippen molar-refractivity contribution in [3.05, 3.63) is 30.1 Å². The predicted molar refractivity (Wildman–Crippen MR) is 57.0 cm³/mol. The number of benzene rings is 1. The van der Waals surface area contributed by atoms with Crippen LogP contribution in [0.15, 0.2) is 24.3 Å². The number of hydrogen-bond donors (Lipinski definition) is 0. The van der Waals surface area contributed by atoms with Crippen molar-refractivity contribution in [3.63, 3.8) is 0 Å². The van der Waals surface area contributed by atoms with Crippen molar-refractivity contribution in [2.45, 2.75) is 6.92 Å². The Labute approximate surface area is 87.5 Å². The molecular weight excluding hydrogens is 192 g/mol. The molecular formula is C11H12N2O2. The summed E-state index contributed by atoms with van der Waals surface area (Å²) in [4.78, 5) is 16.0. The third-order valence-corrected chi connectivity index (χ3v) is 2.25. The molecule has 4 heteroatoms. The van der Waals surface area contributed by atoms with E-state index >= 15 is 0 Å². The standard InChI is InChI=1S/C11H12N2O2/c1-8-12-9-5-3-4-6-10(9)13(8)11(14)7-15-2/h3-6H,7H2,1-2H3. The number of hydrogen-bond acceptors (Lipinski definition) is 3. The van der Waals surface area contributed by atoms with Gasteiger partial charge in [-0.3, -0.25) is 9.36 Å². The molecule has 0 aliphatic carbocycles. The monoisotopic (exact) mass is 204 g/mol. The zero-order chi connectivity index (χ0) is 10.8. The summed E-state index contributed by atoms with van der Waals surface area (Å²) in [6.45, 7) is 1.88. The van der Waals surface area contributed by atoms with Crippen LogP contribution in [0.5, 0.6) is 0 Å². The second kappa shape index (κ2) is 3.82. The van der Waals surface area contributed by atoms with Gasteiger partial charge in [-0.2, -0.15) is 0 Å². The van der Waals surface area contributed by atoms with Gasteiger partial charge in [-0.05, 0) is 19.1 Å². The first-order valence-corrected chi connectivity index (χ1v) is 4.70. The van der Waals surface area contributed by atoms with Crippen LogP contribution in [0.2, 0.25) is 0 Å². The zero-order valence-corrected chi connectivity index (χ0v) is 8.73. The van der Waals surface area contributed by atoms with Crippen LogP contribution in [0.1, 0.15) is 10.6 Å². The second-order valence-electron chi connectivity index (χ2n) is 3.31. The second-order valence-corrected chi connectivity index (χ2v) is 3.31. The lowest BCUT2D eigenvalue weighted by Gasteiger charge is -2.03. The number of imidazole rings is 1. The molecule has 0 amide bonds. The number of carbonyl (C=O) groups is 1. The molecule has 15 heavy (non-hydrogen) atoms. The Bertz CT molecular complexity index is 502. The van der Waals surface area contributed by atoms with Gasteiger partial charge in [0.2, 0.25) is 0 Å². The Kier molecular flexibility index (Phi) is 2.51. The SMILES string of the molecule is COCC(=O)n1c(C)nc2ccccc21. The van der Waals surface area contributed by atoms with Crippen molar-refractivity contribution >= 4 is 16.9 Å². The summed E-state index contributed by atoms with van der Waals surface area (Å²) in [5, 5.41) is 0. The van der Waals surface area contributed by atoms with E-state index in [1.165, 1.54) is 7.11 Å². The van der Waals surface area contributed by atoms with Crippen LogP contribution in [-0.4, -0.2) is 29.2 Å². The van der Waals surface area contributed by atoms with Crippen LogP contribution in [0.3, 0.4) is 0 Å². The fourth-order valence-electron chi connectivity index (χ4n) is 1.65. The highest BCUT2D eigenvalue weighted by Crippen LogP contribution is 2.14. The third kappa shape index (κ3) is 1.64. The Morgan fingerprint density at radius 1 is 1.47 bits per heavy atom. The van der Waals surface area contributed by atoms with E-state index in [0.717, 1.165) is 11.0 Å². The molecule has 0 aliphatic heterocycles. The van der Waals surface area contributed by atoms with Gasteiger partial charge in [-0.1, -0.05) is 12.1 Å². The van der Waals surface area contributed by atoms with Crippen LogP contribution < -0.4 is 0 Å². The average Bonchev–Trinajstić information content (AvgIpc) is 2.54. The predicted octanol–water partition coefficient (Wildman–Crippen LogP) is 1.63. The molecule has 1 heterocycles. The molecule has 0 saturated heterocycles. The molecule has 0 aliphatic rings. The number of methoxy groups -OCH3 is 1. The first kappa shape index (κ1) is 9.86. The van der Waals surface area contributed by atoms with Crippen molar-refractivity contribution in [2.24, 2.45) is 0 Å². The molecule has 0 bridgehead atoms. The van der Waals surface area contributed by atoms with Gasteiger partial charge < -0.3 is 4.74 Å². The minimum absolute atomic E-state index is 0.0706. The first-order chi connectivity index (χ1) is 7.24. The summed E-state index contributed by atoms with van der Waals surface area (Å²) in [5.41, 5.74) is 1.66. The van der Waals surface area contributed by atoms with Crippen molar-refractivity contribution in [1.82, 2.24) is 9.55 Å². The molecule has 0 unspecified atom stereocenters. The fourth-order valence-corrected chi connectivity index (χ4v) is 1.65. The topological polar surface area (TPSA) is 44.1 Å². The number of ether oxygens (including phenoxy) is 1. The number of aromatic nitrogens is 2. The van der Waals surface area contributed by atoms with Crippen LogP contribution >= 0.6 is 0 Å². The smallest absolute Gasteiger partial charge is 0.258 e. The summed E-state index contributed by atoms with van der Waals surface area (Å²) in [7, 11) is 1.51. The van der Waals surface area contributed by atoms with Crippen molar-refractivity contribution in [3.8, 4) is 0 Å². The van der Waals surface area contributed by atoms with Gasteiger partial charge in [-0.25, -0.2) is 4.98 Å². The number of nitrogens with zero attached hydrogens (tertiary/aromatic N) is 2. The van der Waals surface area contributed by atoms with Gasteiger partial charge in [0.05, 0.1) is 11.0 Å². The molecule has 0 spiro atoms. The van der Waals surface area contributed by atoms with E-state index < -0.39 is 0 Å². The molecule has 0 N–H and O–H groups in total. The van der Waals surface area contributed by atoms with Crippen LogP contribution in [0, 0.1) is 6.92 Å². The lowest BCUT2D eigenvalue weighted by molar-refractivity contribution is 0.0764. The maximum Gasteiger partial charge on any atom is 0.258 e. The van der Waals surface area contributed by atoms with Gasteiger partial charge >= 0.3 is 0 Å². The average molecular weight is 204 g/mol. The Morgan fingerprint density at radius 3 is 2.93 bits per heavy atom. The molecule has 2 rings (SSSR count). The molecule has 1 aromatic carbocycles. The minimum Gasteiger partial charge on any atom is -0.375 e. The normalized spacial score (nSPS) is 10.8. The highest BCUT2D eigenvalue weighted by molar-refractivity contribution is 5.91. The molecule has 2 aromatic rings. The zero-order valence-electron chi connectivity index (χ0n) is 8.73. The number of para-hydroxylation sites is 2. The van der Waals surface area contributed by atoms with Gasteiger partial charge in [0.15, 0.2) is 0 Å². The number of carbonyl (C=O) groups excluding carboxylic acids is 1. The molecule has 0 saturated carbocycles. The Morgan fingerprint density at radius 2 is 2.20 bits per heavy atom. The van der Waals surface area contributed by atoms with Crippen LogP contribution in [-0.2, 0) is 4.74 Å². The highest BCUT2D eigenvalue weighted by Gasteiger charge is 2.12. The molecule has 78 valence electrons. The largest absolute Gasteiger partial charge is 0.375 e. The molecule has 0 fully saturated rings.